The fourth-order valence-electron chi connectivity index (χ4n) is 7.39. The molecule has 0 atom stereocenters. The molecule has 43 heavy (non-hydrogen) atoms. The third-order valence-electron chi connectivity index (χ3n) is 9.25. The van der Waals surface area contributed by atoms with Gasteiger partial charge in [0.1, 0.15) is 0 Å². The molecule has 0 amide bonds. The van der Waals surface area contributed by atoms with Crippen LogP contribution >= 0.6 is 0 Å². The third-order valence-corrected chi connectivity index (χ3v) is 9.25. The van der Waals surface area contributed by atoms with Crippen LogP contribution in [0, 0.1) is 0 Å². The van der Waals surface area contributed by atoms with E-state index in [0.29, 0.717) is 0 Å². The number of aromatic nitrogens is 1. The molecular weight excluding hydrogens is 518 g/mol. The molecule has 8 aromatic rings. The first kappa shape index (κ1) is 24.2. The van der Waals surface area contributed by atoms with E-state index >= 15 is 0 Å². The summed E-state index contributed by atoms with van der Waals surface area (Å²) >= 11 is 0. The fraction of sp³-hybridized carbons (Fsp3) is 0.0476. The van der Waals surface area contributed by atoms with Crippen molar-refractivity contribution < 1.29 is 0 Å². The fourth-order valence-corrected chi connectivity index (χ4v) is 7.39. The van der Waals surface area contributed by atoms with Gasteiger partial charge in [-0.2, -0.15) is 0 Å². The van der Waals surface area contributed by atoms with Gasteiger partial charge >= 0.3 is 0 Å². The number of hydrogen-bond acceptors (Lipinski definition) is 0. The smallest absolute Gasteiger partial charge is 0.0616 e. The molecular formula is C42H29N. The maximum Gasteiger partial charge on any atom is 0.0616 e. The Bertz CT molecular complexity index is 2350. The zero-order chi connectivity index (χ0) is 28.3. The average Bonchev–Trinajstić information content (AvgIpc) is 3.43. The summed E-state index contributed by atoms with van der Waals surface area (Å²) in [7, 11) is 0. The Hall–Kier alpha value is -5.40. The standard InChI is InChI=1S/C42H29N/c1-2-13-29(14-3-1)43-41-24-11-10-21-37(41)39-23-12-22-38(42(39)43)31-16-5-4-15-30(31)28-25-26-36-34-19-7-6-17-32(34)33-18-8-9-20-35(33)40(36)27-28/h1-10,12-23,25-27H,11,24H2. The Labute approximate surface area is 251 Å². The number of hydrogen-bond donors (Lipinski definition) is 0. The van der Waals surface area contributed by atoms with Gasteiger partial charge in [-0.1, -0.05) is 133 Å². The second kappa shape index (κ2) is 9.58. The molecule has 1 aliphatic carbocycles. The zero-order valence-corrected chi connectivity index (χ0v) is 23.8. The second-order valence-corrected chi connectivity index (χ2v) is 11.6. The highest BCUT2D eigenvalue weighted by atomic mass is 15.0. The van der Waals surface area contributed by atoms with Crippen molar-refractivity contribution in [3.8, 4) is 27.9 Å². The molecule has 1 nitrogen and oxygen atoms in total. The van der Waals surface area contributed by atoms with Gasteiger partial charge in [0.15, 0.2) is 0 Å². The summed E-state index contributed by atoms with van der Waals surface area (Å²) < 4.78 is 2.51. The topological polar surface area (TPSA) is 4.93 Å². The Morgan fingerprint density at radius 3 is 1.77 bits per heavy atom. The van der Waals surface area contributed by atoms with Gasteiger partial charge in [-0.05, 0) is 80.0 Å². The van der Waals surface area contributed by atoms with Gasteiger partial charge in [-0.25, -0.2) is 0 Å². The Morgan fingerprint density at radius 2 is 1.02 bits per heavy atom. The van der Waals surface area contributed by atoms with Crippen LogP contribution in [0.1, 0.15) is 17.7 Å². The van der Waals surface area contributed by atoms with Gasteiger partial charge in [0.25, 0.3) is 0 Å². The highest BCUT2D eigenvalue weighted by Crippen LogP contribution is 2.43. The molecule has 0 spiro atoms. The van der Waals surface area contributed by atoms with Crippen molar-refractivity contribution in [3.63, 3.8) is 0 Å². The molecule has 1 aliphatic rings. The maximum atomic E-state index is 2.51. The number of para-hydroxylation sites is 2. The van der Waals surface area contributed by atoms with Crippen molar-refractivity contribution in [1.82, 2.24) is 4.57 Å². The van der Waals surface area contributed by atoms with Crippen molar-refractivity contribution >= 4 is 49.3 Å². The van der Waals surface area contributed by atoms with Crippen LogP contribution < -0.4 is 0 Å². The van der Waals surface area contributed by atoms with E-state index in [4.69, 9.17) is 0 Å². The summed E-state index contributed by atoms with van der Waals surface area (Å²) in [6.45, 7) is 0. The highest BCUT2D eigenvalue weighted by Gasteiger charge is 2.22. The molecule has 202 valence electrons. The predicted octanol–water partition coefficient (Wildman–Crippen LogP) is 11.4. The van der Waals surface area contributed by atoms with E-state index in [9.17, 15) is 0 Å². The molecule has 0 saturated heterocycles. The normalized spacial score (nSPS) is 12.8. The zero-order valence-electron chi connectivity index (χ0n) is 23.8. The van der Waals surface area contributed by atoms with E-state index in [1.165, 1.54) is 82.4 Å². The Balaban J connectivity index is 1.33. The lowest BCUT2D eigenvalue weighted by molar-refractivity contribution is 0.889. The van der Waals surface area contributed by atoms with Crippen molar-refractivity contribution in [2.24, 2.45) is 0 Å². The SMILES string of the molecule is C1=Cc2c(n(-c3ccccc3)c3c(-c4ccccc4-c4ccc5c6ccccc6c6ccccc6c5c4)cccc23)CC1. The number of allylic oxidation sites excluding steroid dienone is 1. The van der Waals surface area contributed by atoms with E-state index in [1.54, 1.807) is 0 Å². The summed E-state index contributed by atoms with van der Waals surface area (Å²) in [5.74, 6) is 0. The van der Waals surface area contributed by atoms with Crippen molar-refractivity contribution in [2.75, 3.05) is 0 Å². The van der Waals surface area contributed by atoms with E-state index in [0.717, 1.165) is 12.8 Å². The lowest BCUT2D eigenvalue weighted by atomic mass is 9.89. The van der Waals surface area contributed by atoms with Crippen LogP contribution in [0.3, 0.4) is 0 Å². The van der Waals surface area contributed by atoms with Gasteiger partial charge < -0.3 is 4.57 Å². The van der Waals surface area contributed by atoms with Crippen LogP contribution in [0.15, 0.2) is 146 Å². The van der Waals surface area contributed by atoms with Gasteiger partial charge in [-0.15, -0.1) is 0 Å². The molecule has 0 N–H and O–H groups in total. The second-order valence-electron chi connectivity index (χ2n) is 11.6. The third kappa shape index (κ3) is 3.65. The number of rotatable bonds is 3. The maximum absolute atomic E-state index is 2.51. The summed E-state index contributed by atoms with van der Waals surface area (Å²) in [5, 5.41) is 9.14. The lowest BCUT2D eigenvalue weighted by Gasteiger charge is -2.17. The Morgan fingerprint density at radius 1 is 0.442 bits per heavy atom. The number of benzene rings is 7. The first-order valence-corrected chi connectivity index (χ1v) is 15.2. The van der Waals surface area contributed by atoms with Gasteiger partial charge in [0.05, 0.1) is 5.52 Å². The molecule has 0 bridgehead atoms. The molecule has 1 heterocycles. The summed E-state index contributed by atoms with van der Waals surface area (Å²) in [5.41, 5.74) is 10.3. The first-order chi connectivity index (χ1) is 21.4. The van der Waals surface area contributed by atoms with Crippen LogP contribution in [-0.4, -0.2) is 4.57 Å². The van der Waals surface area contributed by atoms with Gasteiger partial charge in [-0.3, -0.25) is 0 Å². The van der Waals surface area contributed by atoms with Crippen LogP contribution in [0.5, 0.6) is 0 Å². The van der Waals surface area contributed by atoms with Crippen molar-refractivity contribution in [1.29, 1.82) is 0 Å². The molecule has 9 rings (SSSR count). The minimum Gasteiger partial charge on any atom is -0.312 e. The summed E-state index contributed by atoms with van der Waals surface area (Å²) in [6, 6.07) is 51.3. The van der Waals surface area contributed by atoms with E-state index in [1.807, 2.05) is 0 Å². The highest BCUT2D eigenvalue weighted by molar-refractivity contribution is 6.25. The minimum atomic E-state index is 1.04. The quantitative estimate of drug-likeness (QED) is 0.194. The van der Waals surface area contributed by atoms with Crippen molar-refractivity contribution in [2.45, 2.75) is 12.8 Å². The number of nitrogens with zero attached hydrogens (tertiary/aromatic N) is 1. The monoisotopic (exact) mass is 547 g/mol. The van der Waals surface area contributed by atoms with Crippen LogP contribution in [0.2, 0.25) is 0 Å². The molecule has 0 radical (unpaired) electrons. The predicted molar refractivity (Wildman–Crippen MR) is 184 cm³/mol. The van der Waals surface area contributed by atoms with E-state index in [-0.39, 0.29) is 0 Å². The van der Waals surface area contributed by atoms with Gasteiger partial charge in [0, 0.05) is 27.9 Å². The van der Waals surface area contributed by atoms with Crippen LogP contribution in [-0.2, 0) is 6.42 Å². The summed E-state index contributed by atoms with van der Waals surface area (Å²) in [4.78, 5) is 0. The van der Waals surface area contributed by atoms with Crippen molar-refractivity contribution in [3.05, 3.63) is 157 Å². The molecule has 1 aromatic heterocycles. The molecule has 0 fully saturated rings. The summed E-state index contributed by atoms with van der Waals surface area (Å²) in [6.07, 6.45) is 6.76. The molecule has 1 heteroatoms. The largest absolute Gasteiger partial charge is 0.312 e. The van der Waals surface area contributed by atoms with Gasteiger partial charge in [0.2, 0.25) is 0 Å². The number of fused-ring (bicyclic) bond motifs is 9. The van der Waals surface area contributed by atoms with E-state index in [2.05, 4.69) is 156 Å². The average molecular weight is 548 g/mol. The van der Waals surface area contributed by atoms with E-state index < -0.39 is 0 Å². The molecule has 0 saturated carbocycles. The lowest BCUT2D eigenvalue weighted by Crippen LogP contribution is -2.03. The minimum absolute atomic E-state index is 1.04. The molecule has 0 unspecified atom stereocenters. The van der Waals surface area contributed by atoms with Crippen LogP contribution in [0.25, 0.3) is 77.2 Å². The Kier molecular flexibility index (Phi) is 5.39. The van der Waals surface area contributed by atoms with Crippen LogP contribution in [0.4, 0.5) is 0 Å². The first-order valence-electron chi connectivity index (χ1n) is 15.2. The molecule has 0 aliphatic heterocycles. The molecule has 7 aromatic carbocycles.